The summed E-state index contributed by atoms with van der Waals surface area (Å²) in [5, 5.41) is 4.94. The van der Waals surface area contributed by atoms with Crippen molar-refractivity contribution in [1.29, 1.82) is 0 Å². The summed E-state index contributed by atoms with van der Waals surface area (Å²) in [7, 11) is 0. The number of thioether (sulfide) groups is 1. The number of aryl methyl sites for hydroxylation is 1. The largest absolute Gasteiger partial charge is 0.491 e. The van der Waals surface area contributed by atoms with E-state index >= 15 is 0 Å². The normalized spacial score (nSPS) is 14.8. The third kappa shape index (κ3) is 6.94. The number of amides is 1. The number of ether oxygens (including phenoxy) is 1. The Morgan fingerprint density at radius 3 is 2.50 bits per heavy atom. The number of hydrogen-bond acceptors (Lipinski definition) is 5. The third-order valence-corrected chi connectivity index (χ3v) is 7.85. The number of benzene rings is 2. The number of unbranched alkanes of at least 4 members (excludes halogenated alkanes) is 5. The van der Waals surface area contributed by atoms with E-state index in [-0.39, 0.29) is 12.0 Å². The first-order valence-corrected chi connectivity index (χ1v) is 14.8. The Hall–Kier alpha value is -2.90. The highest BCUT2D eigenvalue weighted by molar-refractivity contribution is 8.26. The second-order valence-corrected chi connectivity index (χ2v) is 11.6. The van der Waals surface area contributed by atoms with Crippen LogP contribution in [0, 0.1) is 6.92 Å². The Labute approximate surface area is 236 Å². The van der Waals surface area contributed by atoms with E-state index in [4.69, 9.17) is 22.1 Å². The average Bonchev–Trinajstić information content (AvgIpc) is 3.43. The minimum atomic E-state index is -0.0103. The highest BCUT2D eigenvalue weighted by atomic mass is 32.2. The summed E-state index contributed by atoms with van der Waals surface area (Å²) >= 11 is 6.98. The lowest BCUT2D eigenvalue weighted by Gasteiger charge is -2.14. The Morgan fingerprint density at radius 2 is 1.79 bits per heavy atom. The molecule has 1 amide bonds. The molecule has 1 aliphatic heterocycles. The van der Waals surface area contributed by atoms with Gasteiger partial charge in [0, 0.05) is 23.9 Å². The molecule has 0 bridgehead atoms. The van der Waals surface area contributed by atoms with Gasteiger partial charge in [0.05, 0.1) is 16.7 Å². The minimum absolute atomic E-state index is 0.0103. The molecule has 1 saturated heterocycles. The Balaban J connectivity index is 1.61. The highest BCUT2D eigenvalue weighted by Crippen LogP contribution is 2.36. The average molecular weight is 548 g/mol. The van der Waals surface area contributed by atoms with E-state index < -0.39 is 0 Å². The first-order valence-electron chi connectivity index (χ1n) is 13.6. The fourth-order valence-corrected chi connectivity index (χ4v) is 5.80. The number of rotatable bonds is 12. The first-order chi connectivity index (χ1) is 18.4. The molecule has 200 valence electrons. The van der Waals surface area contributed by atoms with Crippen LogP contribution in [0.3, 0.4) is 0 Å². The summed E-state index contributed by atoms with van der Waals surface area (Å²) < 4.78 is 8.44. The maximum absolute atomic E-state index is 13.3. The van der Waals surface area contributed by atoms with E-state index in [1.165, 1.54) is 37.4 Å². The van der Waals surface area contributed by atoms with Crippen LogP contribution >= 0.6 is 24.0 Å². The monoisotopic (exact) mass is 547 g/mol. The number of carbonyl (C=O) groups is 1. The molecule has 1 aliphatic rings. The van der Waals surface area contributed by atoms with Gasteiger partial charge in [0.1, 0.15) is 15.8 Å². The number of hydrogen-bond donors (Lipinski definition) is 0. The summed E-state index contributed by atoms with van der Waals surface area (Å²) in [4.78, 5) is 15.7. The molecule has 0 atom stereocenters. The van der Waals surface area contributed by atoms with Crippen LogP contribution in [0.4, 0.5) is 0 Å². The maximum atomic E-state index is 13.3. The Morgan fingerprint density at radius 1 is 1.05 bits per heavy atom. The van der Waals surface area contributed by atoms with E-state index in [9.17, 15) is 4.79 Å². The molecule has 0 saturated carbocycles. The summed E-state index contributed by atoms with van der Waals surface area (Å²) in [6.07, 6.45) is 11.1. The van der Waals surface area contributed by atoms with Crippen molar-refractivity contribution in [3.63, 3.8) is 0 Å². The standard InChI is InChI=1S/C31H37N3O2S2/c1-5-6-7-8-9-13-18-33-30(35)28(38-31(33)37)20-25-21-34(26-14-11-10-12-15-26)32-29(25)24-16-17-27(23(4)19-24)36-22(2)3/h10-12,14-17,19-22H,5-9,13,18H2,1-4H3/b28-20+. The molecule has 1 aromatic heterocycles. The van der Waals surface area contributed by atoms with Crippen LogP contribution in [0.1, 0.15) is 70.4 Å². The van der Waals surface area contributed by atoms with Crippen LogP contribution in [0.5, 0.6) is 5.75 Å². The molecule has 4 rings (SSSR count). The quantitative estimate of drug-likeness (QED) is 0.130. The number of thiocarbonyl (C=S) groups is 1. The fraction of sp³-hybridized carbons (Fsp3) is 0.387. The molecule has 1 fully saturated rings. The molecule has 0 aliphatic carbocycles. The van der Waals surface area contributed by atoms with Gasteiger partial charge in [-0.05, 0) is 69.2 Å². The van der Waals surface area contributed by atoms with E-state index in [0.29, 0.717) is 15.8 Å². The van der Waals surface area contributed by atoms with Crippen LogP contribution in [-0.2, 0) is 4.79 Å². The summed E-state index contributed by atoms with van der Waals surface area (Å²) in [5.41, 5.74) is 4.67. The summed E-state index contributed by atoms with van der Waals surface area (Å²) in [6.45, 7) is 8.99. The number of nitrogens with zero attached hydrogens (tertiary/aromatic N) is 3. The zero-order valence-electron chi connectivity index (χ0n) is 22.8. The summed E-state index contributed by atoms with van der Waals surface area (Å²) in [5.74, 6) is 0.854. The minimum Gasteiger partial charge on any atom is -0.491 e. The van der Waals surface area contributed by atoms with Gasteiger partial charge in [0.15, 0.2) is 0 Å². The van der Waals surface area contributed by atoms with Crippen molar-refractivity contribution < 1.29 is 9.53 Å². The Bertz CT molecular complexity index is 1300. The van der Waals surface area contributed by atoms with Crippen molar-refractivity contribution >= 4 is 40.3 Å². The molecule has 0 spiro atoms. The van der Waals surface area contributed by atoms with Gasteiger partial charge < -0.3 is 4.74 Å². The van der Waals surface area contributed by atoms with Gasteiger partial charge >= 0.3 is 0 Å². The second kappa shape index (κ2) is 13.3. The van der Waals surface area contributed by atoms with Gasteiger partial charge in [-0.25, -0.2) is 4.68 Å². The van der Waals surface area contributed by atoms with Crippen LogP contribution in [0.2, 0.25) is 0 Å². The lowest BCUT2D eigenvalue weighted by Crippen LogP contribution is -2.29. The topological polar surface area (TPSA) is 47.4 Å². The molecule has 5 nitrogen and oxygen atoms in total. The molecule has 2 aromatic carbocycles. The molecule has 2 heterocycles. The van der Waals surface area contributed by atoms with Crippen molar-refractivity contribution in [3.05, 3.63) is 70.8 Å². The van der Waals surface area contributed by atoms with Gasteiger partial charge in [-0.2, -0.15) is 5.10 Å². The highest BCUT2D eigenvalue weighted by Gasteiger charge is 2.32. The summed E-state index contributed by atoms with van der Waals surface area (Å²) in [6, 6.07) is 16.1. The molecule has 0 N–H and O–H groups in total. The van der Waals surface area contributed by atoms with Crippen LogP contribution < -0.4 is 4.74 Å². The van der Waals surface area contributed by atoms with Gasteiger partial charge in [-0.15, -0.1) is 0 Å². The lowest BCUT2D eigenvalue weighted by molar-refractivity contribution is -0.122. The van der Waals surface area contributed by atoms with Crippen LogP contribution in [0.15, 0.2) is 59.6 Å². The van der Waals surface area contributed by atoms with Crippen molar-refractivity contribution in [2.24, 2.45) is 0 Å². The SMILES string of the molecule is CCCCCCCCN1C(=O)/C(=C\c2cn(-c3ccccc3)nc2-c2ccc(OC(C)C)c(C)c2)SC1=S. The number of carbonyl (C=O) groups excluding carboxylic acids is 1. The predicted molar refractivity (Wildman–Crippen MR) is 163 cm³/mol. The third-order valence-electron chi connectivity index (χ3n) is 6.47. The van der Waals surface area contributed by atoms with Crippen LogP contribution in [0.25, 0.3) is 23.0 Å². The number of aromatic nitrogens is 2. The van der Waals surface area contributed by atoms with E-state index in [2.05, 4.69) is 13.0 Å². The van der Waals surface area contributed by atoms with Gasteiger partial charge in [-0.1, -0.05) is 81.2 Å². The molecule has 7 heteroatoms. The first kappa shape index (κ1) is 28.1. The zero-order chi connectivity index (χ0) is 27.1. The van der Waals surface area contributed by atoms with Gasteiger partial charge in [0.25, 0.3) is 5.91 Å². The molecular formula is C31H37N3O2S2. The van der Waals surface area contributed by atoms with Crippen LogP contribution in [-0.4, -0.2) is 37.6 Å². The van der Waals surface area contributed by atoms with Gasteiger partial charge in [-0.3, -0.25) is 9.69 Å². The van der Waals surface area contributed by atoms with Gasteiger partial charge in [0.2, 0.25) is 0 Å². The van der Waals surface area contributed by atoms with E-state index in [1.807, 2.05) is 80.2 Å². The molecular weight excluding hydrogens is 510 g/mol. The number of para-hydroxylation sites is 1. The second-order valence-electron chi connectivity index (χ2n) is 9.96. The van der Waals surface area contributed by atoms with Crippen molar-refractivity contribution in [2.45, 2.75) is 72.3 Å². The molecule has 0 radical (unpaired) electrons. The lowest BCUT2D eigenvalue weighted by atomic mass is 10.0. The van der Waals surface area contributed by atoms with E-state index in [1.54, 1.807) is 4.90 Å². The van der Waals surface area contributed by atoms with Crippen molar-refractivity contribution in [3.8, 4) is 22.7 Å². The van der Waals surface area contributed by atoms with E-state index in [0.717, 1.165) is 46.7 Å². The zero-order valence-corrected chi connectivity index (χ0v) is 24.4. The van der Waals surface area contributed by atoms with Crippen molar-refractivity contribution in [2.75, 3.05) is 6.54 Å². The molecule has 0 unspecified atom stereocenters. The smallest absolute Gasteiger partial charge is 0.266 e. The predicted octanol–water partition coefficient (Wildman–Crippen LogP) is 8.20. The molecule has 38 heavy (non-hydrogen) atoms. The van der Waals surface area contributed by atoms with Crippen molar-refractivity contribution in [1.82, 2.24) is 14.7 Å². The fourth-order valence-electron chi connectivity index (χ4n) is 4.50. The maximum Gasteiger partial charge on any atom is 0.266 e. The molecule has 3 aromatic rings. The Kier molecular flexibility index (Phi) is 9.80.